The van der Waals surface area contributed by atoms with Crippen LogP contribution >= 0.6 is 0 Å². The quantitative estimate of drug-likeness (QED) is 0.467. The summed E-state index contributed by atoms with van der Waals surface area (Å²) in [5, 5.41) is 5.33. The van der Waals surface area contributed by atoms with Crippen LogP contribution in [0.15, 0.2) is 72.8 Å². The average molecular weight is 417 g/mol. The van der Waals surface area contributed by atoms with E-state index in [1.54, 1.807) is 4.90 Å². The molecule has 3 aromatic carbocycles. The van der Waals surface area contributed by atoms with E-state index in [1.165, 1.54) is 10.8 Å². The van der Waals surface area contributed by atoms with Gasteiger partial charge in [-0.3, -0.25) is 9.59 Å². The standard InChI is InChI=1S/C27H32N2O2/c1-3-4-19-28-27(31)21(2)29(20-22-11-6-5-7-12-22)26(30)18-17-24-15-10-14-23-13-8-9-16-25(23)24/h5-16,21H,3-4,17-20H2,1-2H3,(H,28,31)/t21-/m0/s1. The van der Waals surface area contributed by atoms with E-state index in [1.807, 2.05) is 55.5 Å². The highest BCUT2D eigenvalue weighted by Gasteiger charge is 2.25. The largest absolute Gasteiger partial charge is 0.354 e. The summed E-state index contributed by atoms with van der Waals surface area (Å²) in [7, 11) is 0. The molecule has 0 unspecified atom stereocenters. The van der Waals surface area contributed by atoms with Crippen molar-refractivity contribution < 1.29 is 9.59 Å². The Bertz CT molecular complexity index is 995. The molecule has 4 nitrogen and oxygen atoms in total. The first-order valence-electron chi connectivity index (χ1n) is 11.2. The fraction of sp³-hybridized carbons (Fsp3) is 0.333. The molecule has 0 heterocycles. The molecule has 0 saturated heterocycles. The van der Waals surface area contributed by atoms with Crippen molar-refractivity contribution in [2.24, 2.45) is 0 Å². The third-order valence-corrected chi connectivity index (χ3v) is 5.68. The lowest BCUT2D eigenvalue weighted by molar-refractivity contribution is -0.140. The van der Waals surface area contributed by atoms with E-state index in [0.717, 1.165) is 24.0 Å². The molecule has 3 aromatic rings. The minimum Gasteiger partial charge on any atom is -0.354 e. The molecule has 0 spiro atoms. The van der Waals surface area contributed by atoms with Crippen LogP contribution in [0.1, 0.15) is 44.2 Å². The Morgan fingerprint density at radius 2 is 1.65 bits per heavy atom. The number of carbonyl (C=O) groups is 2. The summed E-state index contributed by atoms with van der Waals surface area (Å²) in [6, 6.07) is 23.8. The van der Waals surface area contributed by atoms with Gasteiger partial charge in [0.1, 0.15) is 6.04 Å². The maximum atomic E-state index is 13.3. The molecule has 1 atom stereocenters. The predicted molar refractivity (Wildman–Crippen MR) is 127 cm³/mol. The molecule has 31 heavy (non-hydrogen) atoms. The SMILES string of the molecule is CCCCNC(=O)[C@H](C)N(Cc1ccccc1)C(=O)CCc1cccc2ccccc12. The van der Waals surface area contributed by atoms with Gasteiger partial charge >= 0.3 is 0 Å². The van der Waals surface area contributed by atoms with Crippen LogP contribution in [0.5, 0.6) is 0 Å². The number of hydrogen-bond acceptors (Lipinski definition) is 2. The Hall–Kier alpha value is -3.14. The third-order valence-electron chi connectivity index (χ3n) is 5.68. The zero-order valence-electron chi connectivity index (χ0n) is 18.5. The molecule has 4 heteroatoms. The molecule has 0 aliphatic heterocycles. The minimum atomic E-state index is -0.517. The highest BCUT2D eigenvalue weighted by molar-refractivity contribution is 5.88. The Morgan fingerprint density at radius 3 is 2.42 bits per heavy atom. The van der Waals surface area contributed by atoms with Gasteiger partial charge in [0.05, 0.1) is 0 Å². The van der Waals surface area contributed by atoms with Crippen molar-refractivity contribution in [2.75, 3.05) is 6.54 Å². The van der Waals surface area contributed by atoms with E-state index < -0.39 is 6.04 Å². The first-order valence-corrected chi connectivity index (χ1v) is 11.2. The molecule has 0 bridgehead atoms. The molecule has 0 radical (unpaired) electrons. The lowest BCUT2D eigenvalue weighted by Gasteiger charge is -2.29. The second kappa shape index (κ2) is 11.3. The lowest BCUT2D eigenvalue weighted by atomic mass is 10.0. The van der Waals surface area contributed by atoms with Crippen molar-refractivity contribution in [1.29, 1.82) is 0 Å². The van der Waals surface area contributed by atoms with Gasteiger partial charge in [0.25, 0.3) is 0 Å². The van der Waals surface area contributed by atoms with Crippen molar-refractivity contribution in [2.45, 2.75) is 52.1 Å². The molecule has 1 N–H and O–H groups in total. The van der Waals surface area contributed by atoms with Gasteiger partial charge in [0.15, 0.2) is 0 Å². The van der Waals surface area contributed by atoms with Crippen LogP contribution in [0.25, 0.3) is 10.8 Å². The number of unbranched alkanes of at least 4 members (excludes halogenated alkanes) is 1. The maximum absolute atomic E-state index is 13.3. The number of fused-ring (bicyclic) bond motifs is 1. The van der Waals surface area contributed by atoms with Crippen molar-refractivity contribution in [3.63, 3.8) is 0 Å². The number of aryl methyl sites for hydroxylation is 1. The van der Waals surface area contributed by atoms with Gasteiger partial charge in [-0.25, -0.2) is 0 Å². The van der Waals surface area contributed by atoms with Crippen molar-refractivity contribution in [3.05, 3.63) is 83.9 Å². The average Bonchev–Trinajstić information content (AvgIpc) is 2.81. The number of nitrogens with zero attached hydrogens (tertiary/aromatic N) is 1. The Labute approximate surface area is 185 Å². The normalized spacial score (nSPS) is 11.8. The molecule has 2 amide bonds. The number of hydrogen-bond donors (Lipinski definition) is 1. The monoisotopic (exact) mass is 416 g/mol. The van der Waals surface area contributed by atoms with Gasteiger partial charge in [-0.05, 0) is 41.7 Å². The van der Waals surface area contributed by atoms with E-state index in [9.17, 15) is 9.59 Å². The fourth-order valence-corrected chi connectivity index (χ4v) is 3.79. The summed E-state index contributed by atoms with van der Waals surface area (Å²) >= 11 is 0. The van der Waals surface area contributed by atoms with Gasteiger partial charge in [0, 0.05) is 19.5 Å². The summed E-state index contributed by atoms with van der Waals surface area (Å²) in [4.78, 5) is 27.7. The van der Waals surface area contributed by atoms with E-state index in [2.05, 4.69) is 36.5 Å². The smallest absolute Gasteiger partial charge is 0.242 e. The summed E-state index contributed by atoms with van der Waals surface area (Å²) < 4.78 is 0. The molecular formula is C27H32N2O2. The van der Waals surface area contributed by atoms with Crippen LogP contribution < -0.4 is 5.32 Å². The van der Waals surface area contributed by atoms with Crippen LogP contribution in [0.3, 0.4) is 0 Å². The summed E-state index contributed by atoms with van der Waals surface area (Å²) in [6.45, 7) is 4.98. The predicted octanol–water partition coefficient (Wildman–Crippen LogP) is 5.11. The number of benzene rings is 3. The van der Waals surface area contributed by atoms with Gasteiger partial charge in [-0.15, -0.1) is 0 Å². The minimum absolute atomic E-state index is 0.00470. The fourth-order valence-electron chi connectivity index (χ4n) is 3.79. The molecule has 0 saturated carbocycles. The van der Waals surface area contributed by atoms with Gasteiger partial charge in [0.2, 0.25) is 11.8 Å². The van der Waals surface area contributed by atoms with Crippen molar-refractivity contribution in [3.8, 4) is 0 Å². The summed E-state index contributed by atoms with van der Waals surface area (Å²) in [5.74, 6) is -0.0992. The van der Waals surface area contributed by atoms with Crippen molar-refractivity contribution >= 4 is 22.6 Å². The van der Waals surface area contributed by atoms with Crippen LogP contribution in [-0.4, -0.2) is 29.3 Å². The number of nitrogens with one attached hydrogen (secondary N) is 1. The number of amides is 2. The van der Waals surface area contributed by atoms with E-state index in [4.69, 9.17) is 0 Å². The molecular weight excluding hydrogens is 384 g/mol. The second-order valence-corrected chi connectivity index (χ2v) is 7.97. The summed E-state index contributed by atoms with van der Waals surface area (Å²) in [5.41, 5.74) is 2.18. The van der Waals surface area contributed by atoms with E-state index in [0.29, 0.717) is 25.9 Å². The van der Waals surface area contributed by atoms with Crippen LogP contribution in [0.4, 0.5) is 0 Å². The van der Waals surface area contributed by atoms with Crippen LogP contribution in [0.2, 0.25) is 0 Å². The van der Waals surface area contributed by atoms with Crippen LogP contribution in [-0.2, 0) is 22.6 Å². The Morgan fingerprint density at radius 1 is 0.935 bits per heavy atom. The maximum Gasteiger partial charge on any atom is 0.242 e. The number of carbonyl (C=O) groups excluding carboxylic acids is 2. The molecule has 0 aliphatic rings. The van der Waals surface area contributed by atoms with Crippen molar-refractivity contribution in [1.82, 2.24) is 10.2 Å². The molecule has 0 aromatic heterocycles. The summed E-state index contributed by atoms with van der Waals surface area (Å²) in [6.07, 6.45) is 2.97. The van der Waals surface area contributed by atoms with Gasteiger partial charge in [-0.2, -0.15) is 0 Å². The molecule has 3 rings (SSSR count). The second-order valence-electron chi connectivity index (χ2n) is 7.97. The zero-order valence-corrected chi connectivity index (χ0v) is 18.5. The molecule has 0 aliphatic carbocycles. The molecule has 162 valence electrons. The highest BCUT2D eigenvalue weighted by atomic mass is 16.2. The highest BCUT2D eigenvalue weighted by Crippen LogP contribution is 2.21. The van der Waals surface area contributed by atoms with E-state index >= 15 is 0 Å². The first-order chi connectivity index (χ1) is 15.1. The van der Waals surface area contributed by atoms with E-state index in [-0.39, 0.29) is 11.8 Å². The van der Waals surface area contributed by atoms with Gasteiger partial charge < -0.3 is 10.2 Å². The topological polar surface area (TPSA) is 49.4 Å². The molecule has 0 fully saturated rings. The number of rotatable bonds is 10. The Balaban J connectivity index is 1.74. The third kappa shape index (κ3) is 6.17. The first kappa shape index (κ1) is 22.5. The Kier molecular flexibility index (Phi) is 8.22. The zero-order chi connectivity index (χ0) is 22.1. The lowest BCUT2D eigenvalue weighted by Crippen LogP contribution is -2.47. The van der Waals surface area contributed by atoms with Crippen LogP contribution in [0, 0.1) is 0 Å². The van der Waals surface area contributed by atoms with Gasteiger partial charge in [-0.1, -0.05) is 86.1 Å².